The van der Waals surface area contributed by atoms with Crippen molar-refractivity contribution in [2.45, 2.75) is 43.0 Å². The van der Waals surface area contributed by atoms with Crippen LogP contribution in [0.25, 0.3) is 10.9 Å². The SMILES string of the molecule is CCCNC(=O)c1ccc(SN2CCC(Nc3ncnc4ccc(C(c5ccc(Cl)cc5)c5ccc(Cl)cc5)cc34)CC2)cc1. The summed E-state index contributed by atoms with van der Waals surface area (Å²) in [6.45, 7) is 4.64. The first kappa shape index (κ1) is 31.4. The summed E-state index contributed by atoms with van der Waals surface area (Å²) in [7, 11) is 0. The van der Waals surface area contributed by atoms with E-state index >= 15 is 0 Å². The van der Waals surface area contributed by atoms with E-state index in [4.69, 9.17) is 23.2 Å². The summed E-state index contributed by atoms with van der Waals surface area (Å²) >= 11 is 14.2. The number of nitrogens with one attached hydrogen (secondary N) is 2. The third-order valence-electron chi connectivity index (χ3n) is 8.08. The molecular formula is C36H35Cl2N5OS. The highest BCUT2D eigenvalue weighted by Gasteiger charge is 2.22. The Bertz CT molecular complexity index is 1700. The third kappa shape index (κ3) is 7.79. The van der Waals surface area contributed by atoms with E-state index in [2.05, 4.69) is 67.4 Å². The van der Waals surface area contributed by atoms with E-state index in [0.29, 0.717) is 28.2 Å². The summed E-state index contributed by atoms with van der Waals surface area (Å²) < 4.78 is 2.39. The number of carbonyl (C=O) groups excluding carboxylic acids is 1. The van der Waals surface area contributed by atoms with Gasteiger partial charge in [0.15, 0.2) is 0 Å². The highest BCUT2D eigenvalue weighted by Crippen LogP contribution is 2.36. The molecule has 230 valence electrons. The normalized spacial score (nSPS) is 14.1. The smallest absolute Gasteiger partial charge is 0.251 e. The summed E-state index contributed by atoms with van der Waals surface area (Å²) in [5.74, 6) is 0.836. The molecule has 4 aromatic carbocycles. The molecule has 1 aliphatic heterocycles. The lowest BCUT2D eigenvalue weighted by molar-refractivity contribution is 0.0953. The standard InChI is InChI=1S/C36H35Cl2N5OS/c1-2-19-39-36(44)26-7-14-31(15-8-26)45-43-20-17-30(18-21-43)42-35-32-22-27(9-16-33(32)40-23-41-35)34(24-3-10-28(37)11-4-24)25-5-12-29(38)13-6-25/h3-16,22-23,30,34H,2,17-21H2,1H3,(H,39,44)(H,40,41,42). The van der Waals surface area contributed by atoms with Crippen molar-refractivity contribution in [3.8, 4) is 0 Å². The van der Waals surface area contributed by atoms with Crippen LogP contribution < -0.4 is 10.6 Å². The minimum atomic E-state index is -0.0184. The van der Waals surface area contributed by atoms with E-state index in [0.717, 1.165) is 70.7 Å². The molecule has 0 radical (unpaired) electrons. The Labute approximate surface area is 278 Å². The van der Waals surface area contributed by atoms with Crippen LogP contribution in [-0.2, 0) is 0 Å². The van der Waals surface area contributed by atoms with Gasteiger partial charge < -0.3 is 10.6 Å². The Morgan fingerprint density at radius 3 is 2.11 bits per heavy atom. The lowest BCUT2D eigenvalue weighted by atomic mass is 9.84. The van der Waals surface area contributed by atoms with Crippen molar-refractivity contribution in [1.29, 1.82) is 0 Å². The second-order valence-corrected chi connectivity index (χ2v) is 13.3. The maximum atomic E-state index is 12.2. The maximum absolute atomic E-state index is 12.2. The first-order chi connectivity index (χ1) is 22.0. The van der Waals surface area contributed by atoms with Crippen LogP contribution in [0.4, 0.5) is 5.82 Å². The monoisotopic (exact) mass is 655 g/mol. The van der Waals surface area contributed by atoms with Crippen LogP contribution in [0.2, 0.25) is 10.0 Å². The number of nitrogens with zero attached hydrogens (tertiary/aromatic N) is 3. The molecule has 0 saturated carbocycles. The Morgan fingerprint density at radius 1 is 0.867 bits per heavy atom. The van der Waals surface area contributed by atoms with Crippen LogP contribution in [0, 0.1) is 0 Å². The van der Waals surface area contributed by atoms with Crippen molar-refractivity contribution in [1.82, 2.24) is 19.6 Å². The van der Waals surface area contributed by atoms with Crippen LogP contribution in [0.15, 0.2) is 102 Å². The molecule has 1 aromatic heterocycles. The van der Waals surface area contributed by atoms with Crippen molar-refractivity contribution in [3.05, 3.63) is 130 Å². The van der Waals surface area contributed by atoms with Gasteiger partial charge in [-0.05, 0) is 109 Å². The second-order valence-electron chi connectivity index (χ2n) is 11.3. The molecule has 1 saturated heterocycles. The van der Waals surface area contributed by atoms with Gasteiger partial charge in [0.2, 0.25) is 0 Å². The zero-order chi connectivity index (χ0) is 31.2. The number of carbonyl (C=O) groups is 1. The van der Waals surface area contributed by atoms with Gasteiger partial charge in [0.05, 0.1) is 5.52 Å². The van der Waals surface area contributed by atoms with Gasteiger partial charge in [0.1, 0.15) is 12.1 Å². The van der Waals surface area contributed by atoms with Gasteiger partial charge in [-0.3, -0.25) is 4.79 Å². The number of rotatable bonds is 10. The molecule has 45 heavy (non-hydrogen) atoms. The molecule has 1 amide bonds. The van der Waals surface area contributed by atoms with Gasteiger partial charge in [0.25, 0.3) is 5.91 Å². The number of amides is 1. The molecule has 6 nitrogen and oxygen atoms in total. The van der Waals surface area contributed by atoms with Gasteiger partial charge in [0, 0.05) is 57.5 Å². The zero-order valence-corrected chi connectivity index (χ0v) is 27.4. The van der Waals surface area contributed by atoms with Gasteiger partial charge in [-0.2, -0.15) is 0 Å². The lowest BCUT2D eigenvalue weighted by Gasteiger charge is -2.31. The highest BCUT2D eigenvalue weighted by molar-refractivity contribution is 7.97. The first-order valence-electron chi connectivity index (χ1n) is 15.3. The van der Waals surface area contributed by atoms with Gasteiger partial charge in [-0.25, -0.2) is 14.3 Å². The van der Waals surface area contributed by atoms with E-state index in [-0.39, 0.29) is 11.8 Å². The highest BCUT2D eigenvalue weighted by atomic mass is 35.5. The molecule has 0 bridgehead atoms. The van der Waals surface area contributed by atoms with Crippen LogP contribution in [0.3, 0.4) is 0 Å². The van der Waals surface area contributed by atoms with Crippen molar-refractivity contribution in [3.63, 3.8) is 0 Å². The third-order valence-corrected chi connectivity index (χ3v) is 9.69. The van der Waals surface area contributed by atoms with Crippen LogP contribution >= 0.6 is 35.1 Å². The Hall–Kier alpha value is -3.62. The minimum absolute atomic E-state index is 0.00274. The van der Waals surface area contributed by atoms with E-state index in [1.807, 2.05) is 55.5 Å². The summed E-state index contributed by atoms with van der Waals surface area (Å²) in [5, 5.41) is 9.09. The summed E-state index contributed by atoms with van der Waals surface area (Å²) in [5.41, 5.74) is 5.04. The number of fused-ring (bicyclic) bond motifs is 1. The van der Waals surface area contributed by atoms with E-state index in [9.17, 15) is 4.79 Å². The maximum Gasteiger partial charge on any atom is 0.251 e. The Kier molecular flexibility index (Phi) is 10.2. The molecule has 2 heterocycles. The molecule has 1 aliphatic rings. The van der Waals surface area contributed by atoms with Crippen LogP contribution in [0.1, 0.15) is 59.2 Å². The Balaban J connectivity index is 1.16. The summed E-state index contributed by atoms with van der Waals surface area (Å²) in [6, 6.07) is 30.7. The fourth-order valence-electron chi connectivity index (χ4n) is 5.70. The number of piperidine rings is 1. The molecule has 0 unspecified atom stereocenters. The number of hydrogen-bond acceptors (Lipinski definition) is 6. The summed E-state index contributed by atoms with van der Waals surface area (Å²) in [6.07, 6.45) is 4.55. The number of halogens is 2. The molecule has 0 aliphatic carbocycles. The van der Waals surface area contributed by atoms with E-state index in [1.165, 1.54) is 0 Å². The van der Waals surface area contributed by atoms with Gasteiger partial charge >= 0.3 is 0 Å². The fraction of sp³-hybridized carbons (Fsp3) is 0.250. The van der Waals surface area contributed by atoms with Crippen LogP contribution in [0.5, 0.6) is 0 Å². The van der Waals surface area contributed by atoms with E-state index in [1.54, 1.807) is 18.3 Å². The van der Waals surface area contributed by atoms with E-state index < -0.39 is 0 Å². The summed E-state index contributed by atoms with van der Waals surface area (Å²) in [4.78, 5) is 22.6. The minimum Gasteiger partial charge on any atom is -0.367 e. The first-order valence-corrected chi connectivity index (χ1v) is 16.8. The number of aromatic nitrogens is 2. The molecule has 6 rings (SSSR count). The molecule has 1 fully saturated rings. The van der Waals surface area contributed by atoms with Gasteiger partial charge in [-0.15, -0.1) is 0 Å². The average Bonchev–Trinajstić information content (AvgIpc) is 3.07. The number of hydrogen-bond donors (Lipinski definition) is 2. The average molecular weight is 657 g/mol. The largest absolute Gasteiger partial charge is 0.367 e. The van der Waals surface area contributed by atoms with Crippen molar-refractivity contribution in [2.24, 2.45) is 0 Å². The Morgan fingerprint density at radius 2 is 1.49 bits per heavy atom. The zero-order valence-electron chi connectivity index (χ0n) is 25.0. The molecule has 0 spiro atoms. The molecule has 9 heteroatoms. The second kappa shape index (κ2) is 14.6. The van der Waals surface area contributed by atoms with Crippen molar-refractivity contribution >= 4 is 57.8 Å². The molecule has 5 aromatic rings. The number of anilines is 1. The van der Waals surface area contributed by atoms with Crippen LogP contribution in [-0.4, -0.2) is 45.9 Å². The molecule has 2 N–H and O–H groups in total. The van der Waals surface area contributed by atoms with Crippen molar-refractivity contribution in [2.75, 3.05) is 25.0 Å². The lowest BCUT2D eigenvalue weighted by Crippen LogP contribution is -2.35. The quantitative estimate of drug-likeness (QED) is 0.116. The van der Waals surface area contributed by atoms with Gasteiger partial charge in [-0.1, -0.05) is 60.5 Å². The molecule has 0 atom stereocenters. The fourth-order valence-corrected chi connectivity index (χ4v) is 6.90. The molecular weight excluding hydrogens is 621 g/mol. The predicted octanol–water partition coefficient (Wildman–Crippen LogP) is 8.84. The number of benzene rings is 4. The topological polar surface area (TPSA) is 70.2 Å². The van der Waals surface area contributed by atoms with Crippen molar-refractivity contribution < 1.29 is 4.79 Å². The predicted molar refractivity (Wildman–Crippen MR) is 187 cm³/mol.